The molecule has 0 bridgehead atoms. The molecule has 0 atom stereocenters. The summed E-state index contributed by atoms with van der Waals surface area (Å²) in [4.78, 5) is 12.4. The molecule has 0 aliphatic heterocycles. The number of phenolic OH excluding ortho intramolecular Hbond substituents is 1. The number of carbonyl (C=O) groups is 1. The summed E-state index contributed by atoms with van der Waals surface area (Å²) in [5.74, 6) is -0.642. The highest BCUT2D eigenvalue weighted by Crippen LogP contribution is 2.26. The van der Waals surface area contributed by atoms with Gasteiger partial charge in [-0.15, -0.1) is 0 Å². The first kappa shape index (κ1) is 15.4. The molecular weight excluding hydrogens is 339 g/mol. The molecule has 116 valence electrons. The molecule has 3 N–H and O–H groups in total. The van der Waals surface area contributed by atoms with Gasteiger partial charge >= 0.3 is 0 Å². The number of benzene rings is 2. The van der Waals surface area contributed by atoms with Gasteiger partial charge in [0.15, 0.2) is 11.3 Å². The quantitative estimate of drug-likeness (QED) is 0.649. The van der Waals surface area contributed by atoms with Crippen LogP contribution in [0.5, 0.6) is 5.75 Å². The third kappa shape index (κ3) is 3.02. The summed E-state index contributed by atoms with van der Waals surface area (Å²) in [5, 5.41) is 21.4. The number of amides is 1. The summed E-state index contributed by atoms with van der Waals surface area (Å²) in [6.45, 7) is 0. The number of halogens is 2. The van der Waals surface area contributed by atoms with Crippen LogP contribution < -0.4 is 10.9 Å². The van der Waals surface area contributed by atoms with Crippen LogP contribution >= 0.6 is 23.2 Å². The van der Waals surface area contributed by atoms with Crippen LogP contribution in [0.2, 0.25) is 10.0 Å². The Balaban J connectivity index is 2.01. The van der Waals surface area contributed by atoms with E-state index < -0.39 is 5.91 Å². The Bertz CT molecular complexity index is 983. The van der Waals surface area contributed by atoms with Gasteiger partial charge in [-0.2, -0.15) is 0 Å². The summed E-state index contributed by atoms with van der Waals surface area (Å²) < 4.78 is 5.23. The van der Waals surface area contributed by atoms with Crippen LogP contribution in [0.1, 0.15) is 10.4 Å². The van der Waals surface area contributed by atoms with Gasteiger partial charge < -0.3 is 14.8 Å². The van der Waals surface area contributed by atoms with E-state index in [-0.39, 0.29) is 27.5 Å². The monoisotopic (exact) mass is 348 g/mol. The van der Waals surface area contributed by atoms with E-state index in [2.05, 4.69) is 5.32 Å². The van der Waals surface area contributed by atoms with E-state index in [0.29, 0.717) is 16.1 Å². The molecular formula is C16H10Cl2N2O3. The molecule has 3 aromatic rings. The second-order valence-corrected chi connectivity index (χ2v) is 5.61. The number of hydrogen-bond donors (Lipinski definition) is 3. The highest BCUT2D eigenvalue weighted by molar-refractivity contribution is 6.36. The molecule has 2 aromatic carbocycles. The molecule has 0 radical (unpaired) electrons. The Morgan fingerprint density at radius 1 is 1.17 bits per heavy atom. The minimum Gasteiger partial charge on any atom is -0.504 e. The first-order valence-electron chi connectivity index (χ1n) is 6.52. The zero-order valence-electron chi connectivity index (χ0n) is 11.6. The Kier molecular flexibility index (Phi) is 3.98. The number of anilines is 1. The van der Waals surface area contributed by atoms with Crippen LogP contribution in [0.4, 0.5) is 5.69 Å². The van der Waals surface area contributed by atoms with Crippen molar-refractivity contribution in [1.82, 2.24) is 0 Å². The lowest BCUT2D eigenvalue weighted by Gasteiger charge is -2.08. The van der Waals surface area contributed by atoms with Gasteiger partial charge in [-0.25, -0.2) is 0 Å². The van der Waals surface area contributed by atoms with Crippen molar-refractivity contribution in [1.29, 1.82) is 5.41 Å². The number of aromatic hydroxyl groups is 1. The molecule has 1 heterocycles. The van der Waals surface area contributed by atoms with Crippen molar-refractivity contribution in [3.05, 3.63) is 63.6 Å². The highest BCUT2D eigenvalue weighted by atomic mass is 35.5. The zero-order valence-corrected chi connectivity index (χ0v) is 13.1. The predicted molar refractivity (Wildman–Crippen MR) is 88.1 cm³/mol. The number of hydrogen-bond acceptors (Lipinski definition) is 4. The average Bonchev–Trinajstić information content (AvgIpc) is 2.50. The minimum absolute atomic E-state index is 0.0223. The topological polar surface area (TPSA) is 86.3 Å². The zero-order chi connectivity index (χ0) is 16.6. The lowest BCUT2D eigenvalue weighted by atomic mass is 10.1. The molecule has 1 amide bonds. The van der Waals surface area contributed by atoms with Crippen LogP contribution in [-0.4, -0.2) is 11.0 Å². The van der Waals surface area contributed by atoms with Crippen LogP contribution in [0.25, 0.3) is 11.0 Å². The second-order valence-electron chi connectivity index (χ2n) is 4.76. The molecule has 0 aliphatic carbocycles. The van der Waals surface area contributed by atoms with Crippen LogP contribution in [-0.2, 0) is 0 Å². The largest absolute Gasteiger partial charge is 0.504 e. The number of nitrogens with one attached hydrogen (secondary N) is 2. The van der Waals surface area contributed by atoms with Gasteiger partial charge in [0.05, 0.1) is 10.7 Å². The Labute approximate surface area is 140 Å². The maximum absolute atomic E-state index is 12.4. The maximum Gasteiger partial charge on any atom is 0.261 e. The lowest BCUT2D eigenvalue weighted by Crippen LogP contribution is -2.21. The van der Waals surface area contributed by atoms with Gasteiger partial charge in [0.2, 0.25) is 5.55 Å². The van der Waals surface area contributed by atoms with Gasteiger partial charge in [0.1, 0.15) is 5.56 Å². The Morgan fingerprint density at radius 3 is 2.70 bits per heavy atom. The maximum atomic E-state index is 12.4. The fourth-order valence-electron chi connectivity index (χ4n) is 2.09. The van der Waals surface area contributed by atoms with Crippen molar-refractivity contribution in [3.8, 4) is 5.75 Å². The SMILES string of the molecule is N=c1oc2c(O)cccc2cc1C(=O)Nc1ccc(Cl)cc1Cl. The second kappa shape index (κ2) is 5.95. The third-order valence-electron chi connectivity index (χ3n) is 3.20. The normalized spacial score (nSPS) is 10.7. The van der Waals surface area contributed by atoms with Gasteiger partial charge in [0.25, 0.3) is 5.91 Å². The number of carbonyl (C=O) groups excluding carboxylic acids is 1. The number of phenols is 1. The van der Waals surface area contributed by atoms with Crippen molar-refractivity contribution < 1.29 is 14.3 Å². The van der Waals surface area contributed by atoms with Crippen molar-refractivity contribution >= 4 is 45.8 Å². The lowest BCUT2D eigenvalue weighted by molar-refractivity contribution is 0.102. The van der Waals surface area contributed by atoms with Gasteiger partial charge in [-0.3, -0.25) is 10.2 Å². The summed E-state index contributed by atoms with van der Waals surface area (Å²) in [6.07, 6.45) is 0. The van der Waals surface area contributed by atoms with Gasteiger partial charge in [-0.05, 0) is 30.3 Å². The molecule has 7 heteroatoms. The molecule has 5 nitrogen and oxygen atoms in total. The van der Waals surface area contributed by atoms with E-state index in [9.17, 15) is 9.90 Å². The van der Waals surface area contributed by atoms with Crippen molar-refractivity contribution in [3.63, 3.8) is 0 Å². The minimum atomic E-state index is -0.548. The molecule has 0 saturated heterocycles. The highest BCUT2D eigenvalue weighted by Gasteiger charge is 2.14. The molecule has 0 fully saturated rings. The summed E-state index contributed by atoms with van der Waals surface area (Å²) in [7, 11) is 0. The Morgan fingerprint density at radius 2 is 1.96 bits per heavy atom. The first-order chi connectivity index (χ1) is 11.0. The summed E-state index contributed by atoms with van der Waals surface area (Å²) in [6, 6.07) is 10.9. The van der Waals surface area contributed by atoms with E-state index in [4.69, 9.17) is 33.0 Å². The molecule has 0 spiro atoms. The summed E-state index contributed by atoms with van der Waals surface area (Å²) >= 11 is 11.8. The van der Waals surface area contributed by atoms with Crippen LogP contribution in [0, 0.1) is 5.41 Å². The van der Waals surface area contributed by atoms with Gasteiger partial charge in [-0.1, -0.05) is 35.3 Å². The molecule has 0 saturated carbocycles. The molecule has 3 rings (SSSR count). The van der Waals surface area contributed by atoms with E-state index in [0.717, 1.165) is 0 Å². The number of rotatable bonds is 2. The van der Waals surface area contributed by atoms with Crippen molar-refractivity contribution in [2.24, 2.45) is 0 Å². The van der Waals surface area contributed by atoms with Crippen molar-refractivity contribution in [2.75, 3.05) is 5.32 Å². The first-order valence-corrected chi connectivity index (χ1v) is 7.28. The van der Waals surface area contributed by atoms with Crippen LogP contribution in [0.3, 0.4) is 0 Å². The van der Waals surface area contributed by atoms with Gasteiger partial charge in [0, 0.05) is 10.4 Å². The molecule has 23 heavy (non-hydrogen) atoms. The number of para-hydroxylation sites is 1. The molecule has 0 aliphatic rings. The fourth-order valence-corrected chi connectivity index (χ4v) is 2.55. The van der Waals surface area contributed by atoms with Crippen molar-refractivity contribution in [2.45, 2.75) is 0 Å². The Hall–Kier alpha value is -2.50. The third-order valence-corrected chi connectivity index (χ3v) is 3.75. The average molecular weight is 349 g/mol. The van der Waals surface area contributed by atoms with Crippen LogP contribution in [0.15, 0.2) is 46.9 Å². The van der Waals surface area contributed by atoms with E-state index in [1.807, 2.05) is 0 Å². The number of fused-ring (bicyclic) bond motifs is 1. The van der Waals surface area contributed by atoms with E-state index >= 15 is 0 Å². The predicted octanol–water partition coefficient (Wildman–Crippen LogP) is 4.18. The molecule has 0 unspecified atom stereocenters. The van der Waals surface area contributed by atoms with E-state index in [1.165, 1.54) is 18.2 Å². The van der Waals surface area contributed by atoms with E-state index in [1.54, 1.807) is 24.3 Å². The standard InChI is InChI=1S/C16H10Cl2N2O3/c17-9-4-5-12(11(18)7-9)20-16(22)10-6-8-2-1-3-13(21)14(8)23-15(10)19/h1-7,19,21H,(H,20,22). The summed E-state index contributed by atoms with van der Waals surface area (Å²) in [5.41, 5.74) is 0.186. The molecule has 1 aromatic heterocycles. The fraction of sp³-hybridized carbons (Fsp3) is 0. The smallest absolute Gasteiger partial charge is 0.261 e.